The van der Waals surface area contributed by atoms with Crippen LogP contribution in [0.3, 0.4) is 0 Å². The maximum Gasteiger partial charge on any atom is 0.387 e. The van der Waals surface area contributed by atoms with Gasteiger partial charge in [0.05, 0.1) is 6.61 Å². The average molecular weight is 509 g/mol. The largest absolute Gasteiger partial charge is 0.434 e. The molecular weight excluding hydrogens is 486 g/mol. The van der Waals surface area contributed by atoms with Crippen LogP contribution in [0.15, 0.2) is 53.5 Å². The number of nitrogens with zero attached hydrogens (tertiary/aromatic N) is 1. The van der Waals surface area contributed by atoms with Crippen LogP contribution in [0.1, 0.15) is 17.0 Å². The number of rotatable bonds is 8. The van der Waals surface area contributed by atoms with Crippen molar-refractivity contribution in [3.8, 4) is 5.75 Å². The van der Waals surface area contributed by atoms with Gasteiger partial charge in [-0.15, -0.1) is 24.0 Å². The van der Waals surface area contributed by atoms with Crippen LogP contribution in [0.2, 0.25) is 0 Å². The highest BCUT2D eigenvalue weighted by molar-refractivity contribution is 14.0. The zero-order valence-electron chi connectivity index (χ0n) is 15.2. The van der Waals surface area contributed by atoms with Gasteiger partial charge in [0.15, 0.2) is 5.96 Å². The number of alkyl halides is 2. The first-order valence-corrected chi connectivity index (χ1v) is 8.37. The third kappa shape index (κ3) is 7.19. The lowest BCUT2D eigenvalue weighted by Gasteiger charge is -2.19. The summed E-state index contributed by atoms with van der Waals surface area (Å²) in [6, 6.07) is 13.2. The van der Waals surface area contributed by atoms with Gasteiger partial charge in [0.2, 0.25) is 0 Å². The van der Waals surface area contributed by atoms with Crippen LogP contribution in [0.4, 0.5) is 13.2 Å². The fourth-order valence-corrected chi connectivity index (χ4v) is 2.54. The molecule has 154 valence electrons. The van der Waals surface area contributed by atoms with Crippen molar-refractivity contribution < 1.29 is 23.0 Å². The molecule has 0 bridgehead atoms. The highest BCUT2D eigenvalue weighted by Gasteiger charge is 2.15. The molecule has 0 amide bonds. The van der Waals surface area contributed by atoms with E-state index in [0.717, 1.165) is 5.56 Å². The van der Waals surface area contributed by atoms with Crippen molar-refractivity contribution >= 4 is 29.9 Å². The highest BCUT2D eigenvalue weighted by atomic mass is 127. The maximum atomic E-state index is 14.0. The van der Waals surface area contributed by atoms with Gasteiger partial charge in [-0.05, 0) is 17.7 Å². The molecule has 0 heterocycles. The molecular formula is C19H23F3IN3O2. The molecule has 0 aromatic heterocycles. The number of hydrogen-bond acceptors (Lipinski definition) is 3. The Hall–Kier alpha value is -2.01. The second-order valence-electron chi connectivity index (χ2n) is 5.69. The van der Waals surface area contributed by atoms with Crippen LogP contribution in [0.5, 0.6) is 5.75 Å². The highest BCUT2D eigenvalue weighted by Crippen LogP contribution is 2.23. The average Bonchev–Trinajstić information content (AvgIpc) is 2.66. The van der Waals surface area contributed by atoms with Crippen molar-refractivity contribution in [1.82, 2.24) is 10.6 Å². The molecule has 2 aromatic carbocycles. The summed E-state index contributed by atoms with van der Waals surface area (Å²) in [5.41, 5.74) is 0.937. The van der Waals surface area contributed by atoms with Crippen LogP contribution < -0.4 is 15.4 Å². The lowest BCUT2D eigenvalue weighted by molar-refractivity contribution is -0.0506. The summed E-state index contributed by atoms with van der Waals surface area (Å²) in [7, 11) is 1.53. The van der Waals surface area contributed by atoms with Crippen molar-refractivity contribution in [3.63, 3.8) is 0 Å². The van der Waals surface area contributed by atoms with Gasteiger partial charge in [-0.2, -0.15) is 8.78 Å². The van der Waals surface area contributed by atoms with Crippen molar-refractivity contribution in [2.45, 2.75) is 19.1 Å². The smallest absolute Gasteiger partial charge is 0.387 e. The second-order valence-corrected chi connectivity index (χ2v) is 5.69. The molecule has 0 fully saturated rings. The molecule has 0 saturated carbocycles. The van der Waals surface area contributed by atoms with Gasteiger partial charge in [-0.25, -0.2) is 4.39 Å². The van der Waals surface area contributed by atoms with Crippen LogP contribution in [0.25, 0.3) is 0 Å². The number of aliphatic hydroxyl groups excluding tert-OH is 1. The number of aliphatic hydroxyl groups is 1. The van der Waals surface area contributed by atoms with Crippen LogP contribution in [-0.2, 0) is 6.54 Å². The Bertz CT molecular complexity index is 748. The molecule has 0 saturated heterocycles. The van der Waals surface area contributed by atoms with Gasteiger partial charge in [0.25, 0.3) is 0 Å². The van der Waals surface area contributed by atoms with Crippen molar-refractivity contribution in [1.29, 1.82) is 0 Å². The van der Waals surface area contributed by atoms with Gasteiger partial charge in [-0.1, -0.05) is 36.4 Å². The SMILES string of the molecule is CN=C(NCc1c(F)cccc1OC(F)F)NCC(CO)c1ccccc1.I. The monoisotopic (exact) mass is 509 g/mol. The van der Waals surface area contributed by atoms with E-state index in [2.05, 4.69) is 20.4 Å². The Labute approximate surface area is 179 Å². The molecule has 0 aliphatic rings. The van der Waals surface area contributed by atoms with E-state index in [4.69, 9.17) is 0 Å². The normalized spacial score (nSPS) is 12.3. The molecule has 1 unspecified atom stereocenters. The van der Waals surface area contributed by atoms with E-state index in [0.29, 0.717) is 12.5 Å². The predicted octanol–water partition coefficient (Wildman–Crippen LogP) is 3.49. The topological polar surface area (TPSA) is 65.9 Å². The first kappa shape index (κ1) is 24.0. The van der Waals surface area contributed by atoms with Gasteiger partial charge >= 0.3 is 6.61 Å². The minimum absolute atomic E-state index is 0. The molecule has 0 aliphatic carbocycles. The zero-order chi connectivity index (χ0) is 19.6. The van der Waals surface area contributed by atoms with Gasteiger partial charge in [0.1, 0.15) is 11.6 Å². The molecule has 1 atom stereocenters. The van der Waals surface area contributed by atoms with Crippen molar-refractivity contribution in [3.05, 3.63) is 65.5 Å². The first-order valence-electron chi connectivity index (χ1n) is 8.37. The molecule has 3 N–H and O–H groups in total. The number of nitrogens with one attached hydrogen (secondary N) is 2. The molecule has 5 nitrogen and oxygen atoms in total. The quantitative estimate of drug-likeness (QED) is 0.290. The summed E-state index contributed by atoms with van der Waals surface area (Å²) in [4.78, 5) is 4.02. The van der Waals surface area contributed by atoms with E-state index >= 15 is 0 Å². The molecule has 0 spiro atoms. The van der Waals surface area contributed by atoms with Crippen molar-refractivity contribution in [2.75, 3.05) is 20.2 Å². The van der Waals surface area contributed by atoms with Gasteiger partial charge in [-0.3, -0.25) is 4.99 Å². The molecule has 0 aliphatic heterocycles. The summed E-state index contributed by atoms with van der Waals surface area (Å²) in [6.07, 6.45) is 0. The molecule has 9 heteroatoms. The fraction of sp³-hybridized carbons (Fsp3) is 0.316. The number of benzene rings is 2. The number of aliphatic imine (C=N–C) groups is 1. The van der Waals surface area contributed by atoms with Crippen LogP contribution >= 0.6 is 24.0 Å². The van der Waals surface area contributed by atoms with Crippen LogP contribution in [0, 0.1) is 5.82 Å². The van der Waals surface area contributed by atoms with E-state index in [1.165, 1.54) is 25.2 Å². The Kier molecular flexibility index (Phi) is 10.7. The standard InChI is InChI=1S/C19H22F3N3O2.HI/c1-23-19(24-10-14(12-26)13-6-3-2-4-7-13)25-11-15-16(20)8-5-9-17(15)27-18(21)22;/h2-9,14,18,26H,10-12H2,1H3,(H2,23,24,25);1H. The third-order valence-electron chi connectivity index (χ3n) is 3.96. The number of halogens is 4. The lowest BCUT2D eigenvalue weighted by atomic mass is 10.0. The third-order valence-corrected chi connectivity index (χ3v) is 3.96. The molecule has 28 heavy (non-hydrogen) atoms. The summed E-state index contributed by atoms with van der Waals surface area (Å²) >= 11 is 0. The van der Waals surface area contributed by atoms with Gasteiger partial charge in [0, 0.05) is 31.6 Å². The molecule has 2 rings (SSSR count). The Balaban J connectivity index is 0.00000392. The van der Waals surface area contributed by atoms with Crippen molar-refractivity contribution in [2.24, 2.45) is 4.99 Å². The number of hydrogen-bond donors (Lipinski definition) is 3. The zero-order valence-corrected chi connectivity index (χ0v) is 17.6. The van der Waals surface area contributed by atoms with E-state index < -0.39 is 12.4 Å². The summed E-state index contributed by atoms with van der Waals surface area (Å²) < 4.78 is 43.3. The second kappa shape index (κ2) is 12.4. The molecule has 2 aromatic rings. The Morgan fingerprint density at radius 1 is 1.11 bits per heavy atom. The Morgan fingerprint density at radius 3 is 2.43 bits per heavy atom. The van der Waals surface area contributed by atoms with Gasteiger partial charge < -0.3 is 20.5 Å². The van der Waals surface area contributed by atoms with E-state index in [1.807, 2.05) is 30.3 Å². The fourth-order valence-electron chi connectivity index (χ4n) is 2.54. The lowest BCUT2D eigenvalue weighted by Crippen LogP contribution is -2.39. The summed E-state index contributed by atoms with van der Waals surface area (Å²) in [5, 5.41) is 15.5. The number of guanidine groups is 1. The molecule has 0 radical (unpaired) electrons. The Morgan fingerprint density at radius 2 is 1.82 bits per heavy atom. The van der Waals surface area contributed by atoms with E-state index in [1.54, 1.807) is 0 Å². The van der Waals surface area contributed by atoms with E-state index in [-0.39, 0.29) is 54.4 Å². The maximum absolute atomic E-state index is 14.0. The first-order chi connectivity index (χ1) is 13.0. The predicted molar refractivity (Wildman–Crippen MR) is 113 cm³/mol. The van der Waals surface area contributed by atoms with Crippen LogP contribution in [-0.4, -0.2) is 37.9 Å². The minimum atomic E-state index is -3.04. The minimum Gasteiger partial charge on any atom is -0.434 e. The van der Waals surface area contributed by atoms with E-state index in [9.17, 15) is 18.3 Å². The summed E-state index contributed by atoms with van der Waals surface area (Å²) in [6.45, 7) is -2.81. The number of ether oxygens (including phenoxy) is 1. The summed E-state index contributed by atoms with van der Waals surface area (Å²) in [5.74, 6) is -0.703.